The average molecular weight is 548 g/mol. The topological polar surface area (TPSA) is 124 Å². The number of ether oxygens (including phenoxy) is 2. The van der Waals surface area contributed by atoms with Gasteiger partial charge in [-0.2, -0.15) is 8.42 Å². The molecule has 4 fully saturated rings. The lowest BCUT2D eigenvalue weighted by atomic mass is 9.49. The molecule has 0 saturated heterocycles. The highest BCUT2D eigenvalue weighted by Crippen LogP contribution is 2.59. The zero-order chi connectivity index (χ0) is 21.7. The molecule has 1 aromatic carbocycles. The highest BCUT2D eigenvalue weighted by Gasteiger charge is 2.59. The summed E-state index contributed by atoms with van der Waals surface area (Å²) in [5, 5.41) is 0. The summed E-state index contributed by atoms with van der Waals surface area (Å²) in [7, 11) is -4.26. The van der Waals surface area contributed by atoms with Gasteiger partial charge in [0, 0.05) is 15.4 Å². The summed E-state index contributed by atoms with van der Waals surface area (Å²) >= 11 is 2.03. The molecule has 10 heteroatoms. The van der Waals surface area contributed by atoms with Crippen molar-refractivity contribution in [3.05, 3.63) is 27.3 Å². The molecule has 0 spiro atoms. The highest BCUT2D eigenvalue weighted by atomic mass is 127. The molecular formula is C20H21IO8S. The van der Waals surface area contributed by atoms with Crippen LogP contribution in [0, 0.1) is 26.7 Å². The van der Waals surface area contributed by atoms with Crippen molar-refractivity contribution in [2.24, 2.45) is 23.2 Å². The Hall–Kier alpha value is -1.53. The smallest absolute Gasteiger partial charge is 0.341 e. The van der Waals surface area contributed by atoms with Crippen LogP contribution in [0.5, 0.6) is 5.75 Å². The molecular weight excluding hydrogens is 527 g/mol. The van der Waals surface area contributed by atoms with Crippen molar-refractivity contribution >= 4 is 50.4 Å². The van der Waals surface area contributed by atoms with Crippen molar-refractivity contribution in [3.63, 3.8) is 0 Å². The van der Waals surface area contributed by atoms with E-state index in [2.05, 4.69) is 0 Å². The summed E-state index contributed by atoms with van der Waals surface area (Å²) in [6, 6.07) is 4.63. The van der Waals surface area contributed by atoms with Crippen LogP contribution >= 0.6 is 22.6 Å². The van der Waals surface area contributed by atoms with Crippen molar-refractivity contribution in [1.82, 2.24) is 0 Å². The number of ketones is 1. The van der Waals surface area contributed by atoms with Gasteiger partial charge in [-0.3, -0.25) is 14.1 Å². The Morgan fingerprint density at radius 2 is 1.83 bits per heavy atom. The number of carbonyl (C=O) groups excluding carboxylic acids is 3. The average Bonchev–Trinajstić information content (AvgIpc) is 2.64. The molecule has 8 nitrogen and oxygen atoms in total. The first-order valence-electron chi connectivity index (χ1n) is 9.74. The summed E-state index contributed by atoms with van der Waals surface area (Å²) < 4.78 is 41.7. The van der Waals surface area contributed by atoms with Crippen LogP contribution in [0.3, 0.4) is 0 Å². The first kappa shape index (κ1) is 21.7. The van der Waals surface area contributed by atoms with Crippen LogP contribution in [-0.2, 0) is 24.4 Å². The van der Waals surface area contributed by atoms with Gasteiger partial charge < -0.3 is 9.47 Å². The van der Waals surface area contributed by atoms with Gasteiger partial charge in [0.1, 0.15) is 29.5 Å². The molecule has 2 unspecified atom stereocenters. The van der Waals surface area contributed by atoms with Crippen LogP contribution in [0.4, 0.5) is 0 Å². The van der Waals surface area contributed by atoms with Gasteiger partial charge in [-0.1, -0.05) is 0 Å². The zero-order valence-corrected chi connectivity index (χ0v) is 19.0. The van der Waals surface area contributed by atoms with Gasteiger partial charge in [-0.05, 0) is 78.8 Å². The van der Waals surface area contributed by atoms with Crippen LogP contribution in [0.15, 0.2) is 18.2 Å². The van der Waals surface area contributed by atoms with E-state index in [1.807, 2.05) is 22.6 Å². The molecule has 4 aliphatic carbocycles. The largest absolute Gasteiger partial charge is 0.461 e. The molecule has 162 valence electrons. The Bertz CT molecular complexity index is 1000. The molecule has 1 aromatic rings. The van der Waals surface area contributed by atoms with E-state index >= 15 is 0 Å². The maximum Gasteiger partial charge on any atom is 0.341 e. The van der Waals surface area contributed by atoms with E-state index in [0.29, 0.717) is 25.2 Å². The molecule has 0 radical (unpaired) electrons. The molecule has 4 bridgehead atoms. The number of halogens is 1. The first-order chi connectivity index (χ1) is 14.1. The third-order valence-electron chi connectivity index (χ3n) is 6.37. The van der Waals surface area contributed by atoms with Gasteiger partial charge >= 0.3 is 11.9 Å². The Kier molecular flexibility index (Phi) is 5.69. The molecule has 0 aliphatic heterocycles. The fraction of sp³-hybridized carbons (Fsp3) is 0.550. The van der Waals surface area contributed by atoms with Crippen LogP contribution in [0.1, 0.15) is 42.5 Å². The predicted molar refractivity (Wildman–Crippen MR) is 112 cm³/mol. The van der Waals surface area contributed by atoms with Gasteiger partial charge in [0.05, 0.1) is 5.41 Å². The van der Waals surface area contributed by atoms with Crippen molar-refractivity contribution < 1.29 is 36.8 Å². The van der Waals surface area contributed by atoms with Crippen LogP contribution < -0.4 is 4.74 Å². The van der Waals surface area contributed by atoms with Crippen LogP contribution in [0.2, 0.25) is 0 Å². The van der Waals surface area contributed by atoms with E-state index in [0.717, 1.165) is 16.4 Å². The highest BCUT2D eigenvalue weighted by molar-refractivity contribution is 14.1. The number of hydrogen-bond donors (Lipinski definition) is 1. The summed E-state index contributed by atoms with van der Waals surface area (Å²) in [6.07, 6.45) is 3.38. The number of benzene rings is 1. The number of rotatable bonds is 6. The lowest BCUT2D eigenvalue weighted by molar-refractivity contribution is -0.167. The molecule has 4 aliphatic rings. The Labute approximate surface area is 187 Å². The SMILES string of the molecule is O=C(OCCS(=O)(=O)O)c1ccc(I)cc1OC(=O)C12CC3CC(C1)C(=O)C(C3)C2. The third-order valence-corrected chi connectivity index (χ3v) is 7.72. The molecule has 30 heavy (non-hydrogen) atoms. The van der Waals surface area contributed by atoms with E-state index in [1.165, 1.54) is 6.07 Å². The van der Waals surface area contributed by atoms with E-state index in [9.17, 15) is 22.8 Å². The molecule has 0 heterocycles. The van der Waals surface area contributed by atoms with Crippen LogP contribution in [0.25, 0.3) is 0 Å². The van der Waals surface area contributed by atoms with Crippen molar-refractivity contribution in [2.45, 2.75) is 32.1 Å². The molecule has 2 atom stereocenters. The number of esters is 2. The second kappa shape index (κ2) is 7.86. The fourth-order valence-electron chi connectivity index (χ4n) is 5.27. The fourth-order valence-corrected chi connectivity index (χ4v) is 6.03. The quantitative estimate of drug-likeness (QED) is 0.249. The number of Topliss-reactive ketones (excluding diaryl/α,β-unsaturated/α-hetero) is 1. The molecule has 0 amide bonds. The van der Waals surface area contributed by atoms with Gasteiger partial charge in [0.25, 0.3) is 10.1 Å². The predicted octanol–water partition coefficient (Wildman–Crippen LogP) is 2.64. The van der Waals surface area contributed by atoms with Gasteiger partial charge in [-0.15, -0.1) is 0 Å². The minimum Gasteiger partial charge on any atom is -0.461 e. The second-order valence-electron chi connectivity index (χ2n) is 8.48. The number of carbonyl (C=O) groups is 3. The molecule has 5 rings (SSSR count). The van der Waals surface area contributed by atoms with E-state index < -0.39 is 39.8 Å². The molecule has 0 aromatic heterocycles. The molecule has 1 N–H and O–H groups in total. The summed E-state index contributed by atoms with van der Waals surface area (Å²) in [5.74, 6) is -1.48. The van der Waals surface area contributed by atoms with Crippen LogP contribution in [-0.4, -0.2) is 43.1 Å². The zero-order valence-electron chi connectivity index (χ0n) is 16.0. The lowest BCUT2D eigenvalue weighted by Crippen LogP contribution is -2.55. The lowest BCUT2D eigenvalue weighted by Gasteiger charge is -2.53. The maximum absolute atomic E-state index is 13.2. The minimum absolute atomic E-state index is 0.0000848. The normalized spacial score (nSPS) is 29.7. The first-order valence-corrected chi connectivity index (χ1v) is 12.4. The van der Waals surface area contributed by atoms with Crippen molar-refractivity contribution in [1.29, 1.82) is 0 Å². The van der Waals surface area contributed by atoms with Gasteiger partial charge in [0.2, 0.25) is 0 Å². The van der Waals surface area contributed by atoms with E-state index in [4.69, 9.17) is 14.0 Å². The maximum atomic E-state index is 13.2. The van der Waals surface area contributed by atoms with E-state index in [1.54, 1.807) is 12.1 Å². The third kappa shape index (κ3) is 4.26. The summed E-state index contributed by atoms with van der Waals surface area (Å²) in [4.78, 5) is 38.0. The van der Waals surface area contributed by atoms with Gasteiger partial charge in [-0.25, -0.2) is 4.79 Å². The summed E-state index contributed by atoms with van der Waals surface area (Å²) in [6.45, 7) is -0.520. The van der Waals surface area contributed by atoms with E-state index in [-0.39, 0.29) is 28.9 Å². The summed E-state index contributed by atoms with van der Waals surface area (Å²) in [5.41, 5.74) is -0.697. The Balaban J connectivity index is 1.52. The minimum atomic E-state index is -4.26. The standard InChI is InChI=1S/C20H21IO8S/c21-14-1-2-15(18(23)28-3-4-30(25,26)27)16(7-14)29-19(24)20-8-11-5-12(9-20)17(22)13(6-11)10-20/h1-2,7,11-13H,3-6,8-10H2,(H,25,26,27). The number of hydrogen-bond acceptors (Lipinski definition) is 7. The van der Waals surface area contributed by atoms with Crippen molar-refractivity contribution in [3.8, 4) is 5.75 Å². The monoisotopic (exact) mass is 548 g/mol. The second-order valence-corrected chi connectivity index (χ2v) is 11.3. The van der Waals surface area contributed by atoms with Crippen molar-refractivity contribution in [2.75, 3.05) is 12.4 Å². The van der Waals surface area contributed by atoms with Gasteiger partial charge in [0.15, 0.2) is 0 Å². The Morgan fingerprint density at radius 1 is 1.17 bits per heavy atom. The molecule has 4 saturated carbocycles. The Morgan fingerprint density at radius 3 is 2.47 bits per heavy atom.